The number of nitrogens with zero attached hydrogens (tertiary/aromatic N) is 4. The van der Waals surface area contributed by atoms with Gasteiger partial charge in [-0.3, -0.25) is 9.69 Å². The van der Waals surface area contributed by atoms with Gasteiger partial charge in [0.2, 0.25) is 5.91 Å². The van der Waals surface area contributed by atoms with E-state index >= 15 is 0 Å². The van der Waals surface area contributed by atoms with Crippen molar-refractivity contribution in [3.05, 3.63) is 59.9 Å². The van der Waals surface area contributed by atoms with Crippen LogP contribution >= 0.6 is 0 Å². The summed E-state index contributed by atoms with van der Waals surface area (Å²) in [6.45, 7) is 3.01. The van der Waals surface area contributed by atoms with E-state index < -0.39 is 0 Å². The van der Waals surface area contributed by atoms with Gasteiger partial charge in [0, 0.05) is 13.0 Å². The average Bonchev–Trinajstić information content (AvgIpc) is 3.38. The normalized spacial score (nSPS) is 15.8. The van der Waals surface area contributed by atoms with Crippen LogP contribution < -0.4 is 5.32 Å². The molecule has 1 amide bonds. The van der Waals surface area contributed by atoms with E-state index in [1.54, 1.807) is 4.68 Å². The van der Waals surface area contributed by atoms with Gasteiger partial charge >= 0.3 is 0 Å². The Labute approximate surface area is 163 Å². The Hall–Kier alpha value is -2.80. The Kier molecular flexibility index (Phi) is 5.62. The number of benzene rings is 2. The smallest absolute Gasteiger partial charge is 0.221 e. The fourth-order valence-electron chi connectivity index (χ4n) is 3.78. The molecular formula is C21H24FN5O. The first kappa shape index (κ1) is 18.6. The van der Waals surface area contributed by atoms with Crippen LogP contribution in [0.2, 0.25) is 0 Å². The van der Waals surface area contributed by atoms with Gasteiger partial charge in [0.15, 0.2) is 0 Å². The number of halogens is 1. The second-order valence-corrected chi connectivity index (χ2v) is 7.17. The number of aryl methyl sites for hydroxylation is 1. The summed E-state index contributed by atoms with van der Waals surface area (Å²) < 4.78 is 15.0. The lowest BCUT2D eigenvalue weighted by atomic mass is 10.1. The third-order valence-corrected chi connectivity index (χ3v) is 5.30. The SMILES string of the molecule is O=C(CCn1nnc2ccccc21)NC[C@@H](c1ccc(F)cc1)N1CCCC1. The van der Waals surface area contributed by atoms with Gasteiger partial charge in [-0.1, -0.05) is 29.5 Å². The minimum atomic E-state index is -0.243. The second-order valence-electron chi connectivity index (χ2n) is 7.17. The second kappa shape index (κ2) is 8.48. The van der Waals surface area contributed by atoms with Gasteiger partial charge in [-0.15, -0.1) is 5.10 Å². The lowest BCUT2D eigenvalue weighted by Gasteiger charge is -2.28. The number of likely N-dealkylation sites (tertiary alicyclic amines) is 1. The Balaban J connectivity index is 1.36. The minimum Gasteiger partial charge on any atom is -0.354 e. The summed E-state index contributed by atoms with van der Waals surface area (Å²) in [5.74, 6) is -0.265. The molecule has 3 aromatic rings. The van der Waals surface area contributed by atoms with Crippen molar-refractivity contribution in [3.8, 4) is 0 Å². The van der Waals surface area contributed by atoms with Gasteiger partial charge in [0.25, 0.3) is 0 Å². The summed E-state index contributed by atoms with van der Waals surface area (Å²) in [4.78, 5) is 14.8. The molecule has 7 heteroatoms. The standard InChI is InChI=1S/C21H24FN5O/c22-17-9-7-16(8-10-17)20(26-12-3-4-13-26)15-23-21(28)11-14-27-19-6-2-1-5-18(19)24-25-27/h1-2,5-10,20H,3-4,11-15H2,(H,23,28)/t20-/m0/s1. The summed E-state index contributed by atoms with van der Waals surface area (Å²) >= 11 is 0. The molecule has 0 spiro atoms. The van der Waals surface area contributed by atoms with E-state index in [1.165, 1.54) is 12.1 Å². The first-order chi connectivity index (χ1) is 13.7. The van der Waals surface area contributed by atoms with Crippen LogP contribution in [0.25, 0.3) is 11.0 Å². The van der Waals surface area contributed by atoms with Gasteiger partial charge in [0.05, 0.1) is 18.1 Å². The molecule has 1 aliphatic rings. The van der Waals surface area contributed by atoms with Crippen molar-refractivity contribution in [2.24, 2.45) is 0 Å². The fraction of sp³-hybridized carbons (Fsp3) is 0.381. The summed E-state index contributed by atoms with van der Waals surface area (Å²) in [7, 11) is 0. The van der Waals surface area contributed by atoms with E-state index in [0.717, 1.165) is 42.5 Å². The molecule has 1 aliphatic heterocycles. The zero-order valence-electron chi connectivity index (χ0n) is 15.7. The summed E-state index contributed by atoms with van der Waals surface area (Å²) in [6.07, 6.45) is 2.65. The summed E-state index contributed by atoms with van der Waals surface area (Å²) in [5, 5.41) is 11.3. The van der Waals surface area contributed by atoms with Crippen molar-refractivity contribution in [1.29, 1.82) is 0 Å². The lowest BCUT2D eigenvalue weighted by Crippen LogP contribution is -2.37. The van der Waals surface area contributed by atoms with Crippen LogP contribution in [-0.2, 0) is 11.3 Å². The largest absolute Gasteiger partial charge is 0.354 e. The first-order valence-electron chi connectivity index (χ1n) is 9.75. The highest BCUT2D eigenvalue weighted by Crippen LogP contribution is 2.24. The van der Waals surface area contributed by atoms with Crippen molar-refractivity contribution < 1.29 is 9.18 Å². The molecule has 1 N–H and O–H groups in total. The lowest BCUT2D eigenvalue weighted by molar-refractivity contribution is -0.121. The van der Waals surface area contributed by atoms with Crippen LogP contribution in [0.1, 0.15) is 30.9 Å². The highest BCUT2D eigenvalue weighted by atomic mass is 19.1. The molecule has 1 aromatic heterocycles. The van der Waals surface area contributed by atoms with Crippen molar-refractivity contribution in [1.82, 2.24) is 25.2 Å². The van der Waals surface area contributed by atoms with Crippen molar-refractivity contribution >= 4 is 16.9 Å². The van der Waals surface area contributed by atoms with E-state index in [1.807, 2.05) is 36.4 Å². The highest BCUT2D eigenvalue weighted by Gasteiger charge is 2.24. The van der Waals surface area contributed by atoms with E-state index in [-0.39, 0.29) is 17.8 Å². The number of carbonyl (C=O) groups excluding carboxylic acids is 1. The molecule has 28 heavy (non-hydrogen) atoms. The van der Waals surface area contributed by atoms with E-state index in [2.05, 4.69) is 20.5 Å². The van der Waals surface area contributed by atoms with E-state index in [4.69, 9.17) is 0 Å². The molecule has 4 rings (SSSR count). The fourth-order valence-corrected chi connectivity index (χ4v) is 3.78. The number of hydrogen-bond donors (Lipinski definition) is 1. The van der Waals surface area contributed by atoms with Gasteiger partial charge in [-0.25, -0.2) is 9.07 Å². The third kappa shape index (κ3) is 4.20. The minimum absolute atomic E-state index is 0.0223. The zero-order chi connectivity index (χ0) is 19.3. The number of fused-ring (bicyclic) bond motifs is 1. The number of amides is 1. The van der Waals surface area contributed by atoms with Crippen LogP contribution in [-0.4, -0.2) is 45.4 Å². The van der Waals surface area contributed by atoms with Crippen molar-refractivity contribution in [3.63, 3.8) is 0 Å². The number of para-hydroxylation sites is 1. The first-order valence-corrected chi connectivity index (χ1v) is 9.75. The predicted molar refractivity (Wildman–Crippen MR) is 105 cm³/mol. The number of nitrogens with one attached hydrogen (secondary N) is 1. The molecule has 6 nitrogen and oxygen atoms in total. The molecule has 1 atom stereocenters. The maximum absolute atomic E-state index is 13.3. The number of rotatable bonds is 7. The number of aromatic nitrogens is 3. The van der Waals surface area contributed by atoms with Gasteiger partial charge in [-0.05, 0) is 55.8 Å². The molecular weight excluding hydrogens is 357 g/mol. The van der Waals surface area contributed by atoms with Crippen LogP contribution in [0.3, 0.4) is 0 Å². The molecule has 2 aromatic carbocycles. The van der Waals surface area contributed by atoms with Gasteiger partial charge < -0.3 is 5.32 Å². The monoisotopic (exact) mass is 381 g/mol. The van der Waals surface area contributed by atoms with E-state index in [9.17, 15) is 9.18 Å². The van der Waals surface area contributed by atoms with E-state index in [0.29, 0.717) is 19.5 Å². The van der Waals surface area contributed by atoms with Crippen LogP contribution in [0.5, 0.6) is 0 Å². The quantitative estimate of drug-likeness (QED) is 0.684. The van der Waals surface area contributed by atoms with Crippen LogP contribution in [0.4, 0.5) is 4.39 Å². The molecule has 0 saturated carbocycles. The molecule has 1 fully saturated rings. The number of carbonyl (C=O) groups is 1. The van der Waals surface area contributed by atoms with Crippen molar-refractivity contribution in [2.45, 2.75) is 31.8 Å². The maximum atomic E-state index is 13.3. The molecule has 146 valence electrons. The Bertz CT molecular complexity index is 933. The summed E-state index contributed by atoms with van der Waals surface area (Å²) in [6, 6.07) is 14.4. The van der Waals surface area contributed by atoms with Crippen LogP contribution in [0.15, 0.2) is 48.5 Å². The zero-order valence-corrected chi connectivity index (χ0v) is 15.7. The molecule has 0 aliphatic carbocycles. The van der Waals surface area contributed by atoms with Gasteiger partial charge in [0.1, 0.15) is 11.3 Å². The third-order valence-electron chi connectivity index (χ3n) is 5.30. The number of hydrogen-bond acceptors (Lipinski definition) is 4. The Morgan fingerprint density at radius 2 is 1.86 bits per heavy atom. The van der Waals surface area contributed by atoms with Gasteiger partial charge in [-0.2, -0.15) is 0 Å². The topological polar surface area (TPSA) is 63.1 Å². The average molecular weight is 381 g/mol. The van der Waals surface area contributed by atoms with Crippen molar-refractivity contribution in [2.75, 3.05) is 19.6 Å². The molecule has 2 heterocycles. The predicted octanol–water partition coefficient (Wildman–Crippen LogP) is 2.91. The maximum Gasteiger partial charge on any atom is 0.221 e. The summed E-state index contributed by atoms with van der Waals surface area (Å²) in [5.41, 5.74) is 2.79. The molecule has 0 unspecified atom stereocenters. The molecule has 0 bridgehead atoms. The molecule has 1 saturated heterocycles. The van der Waals surface area contributed by atoms with Crippen LogP contribution in [0, 0.1) is 5.82 Å². The highest BCUT2D eigenvalue weighted by molar-refractivity contribution is 5.77. The Morgan fingerprint density at radius 1 is 1.11 bits per heavy atom. The molecule has 0 radical (unpaired) electrons. The Morgan fingerprint density at radius 3 is 2.64 bits per heavy atom.